The molecule has 4 amide bonds. The van der Waals surface area contributed by atoms with Crippen LogP contribution in [-0.4, -0.2) is 22.8 Å². The van der Waals surface area contributed by atoms with Gasteiger partial charge in [0.15, 0.2) is 0 Å². The highest BCUT2D eigenvalue weighted by Gasteiger charge is 2.37. The van der Waals surface area contributed by atoms with Crippen molar-refractivity contribution in [2.75, 3.05) is 4.90 Å². The monoisotopic (exact) mass is 677 g/mol. The summed E-state index contributed by atoms with van der Waals surface area (Å²) in [5.41, 5.74) is 0.856. The van der Waals surface area contributed by atoms with Crippen LogP contribution >= 0.6 is 47.8 Å². The quantitative estimate of drug-likeness (QED) is 0.145. The average molecular weight is 680 g/mol. The second kappa shape index (κ2) is 10.7. The van der Waals surface area contributed by atoms with E-state index < -0.39 is 22.8 Å². The molecule has 0 bridgehead atoms. The van der Waals surface area contributed by atoms with Gasteiger partial charge in [-0.05, 0) is 64.0 Å². The standard InChI is InChI=1S/C24H14Br3N3O6/c25-15-3-1-13(2-4-15)12-36-21-14(9-16(26)11-20(21)27)10-19-22(31)28-24(33)29(23(19)32)17-5-7-18(8-6-17)30(34)35/h1-11H,12H2,(H,28,31,33)/b19-10+. The first-order valence-electron chi connectivity index (χ1n) is 10.2. The van der Waals surface area contributed by atoms with Gasteiger partial charge < -0.3 is 4.74 Å². The highest BCUT2D eigenvalue weighted by molar-refractivity contribution is 9.11. The lowest BCUT2D eigenvalue weighted by molar-refractivity contribution is -0.384. The number of anilines is 1. The Hall–Kier alpha value is -3.35. The molecule has 3 aromatic rings. The number of amides is 4. The fraction of sp³-hybridized carbons (Fsp3) is 0.0417. The molecule has 1 aliphatic rings. The highest BCUT2D eigenvalue weighted by atomic mass is 79.9. The Labute approximate surface area is 229 Å². The van der Waals surface area contributed by atoms with Gasteiger partial charge in [-0.1, -0.05) is 44.0 Å². The summed E-state index contributed by atoms with van der Waals surface area (Å²) in [6.45, 7) is 0.219. The Morgan fingerprint density at radius 2 is 1.61 bits per heavy atom. The number of rotatable bonds is 6. The smallest absolute Gasteiger partial charge is 0.335 e. The Balaban J connectivity index is 1.69. The molecule has 12 heteroatoms. The Bertz CT molecular complexity index is 1420. The highest BCUT2D eigenvalue weighted by Crippen LogP contribution is 2.36. The Kier molecular flexibility index (Phi) is 7.67. The predicted octanol–water partition coefficient (Wildman–Crippen LogP) is 6.13. The van der Waals surface area contributed by atoms with E-state index in [0.717, 1.165) is 27.1 Å². The van der Waals surface area contributed by atoms with E-state index in [0.29, 0.717) is 20.3 Å². The van der Waals surface area contributed by atoms with Crippen LogP contribution in [0.4, 0.5) is 16.2 Å². The zero-order chi connectivity index (χ0) is 26.0. The fourth-order valence-electron chi connectivity index (χ4n) is 3.35. The van der Waals surface area contributed by atoms with Crippen LogP contribution in [0.5, 0.6) is 5.75 Å². The molecular formula is C24H14Br3N3O6. The molecule has 0 radical (unpaired) electrons. The molecule has 3 aromatic carbocycles. The normalized spacial score (nSPS) is 14.7. The molecule has 1 N–H and O–H groups in total. The summed E-state index contributed by atoms with van der Waals surface area (Å²) in [6, 6.07) is 14.8. The van der Waals surface area contributed by atoms with Crippen LogP contribution in [0, 0.1) is 10.1 Å². The van der Waals surface area contributed by atoms with Crippen LogP contribution in [0.2, 0.25) is 0 Å². The van der Waals surface area contributed by atoms with Crippen molar-refractivity contribution in [2.45, 2.75) is 6.61 Å². The van der Waals surface area contributed by atoms with E-state index in [4.69, 9.17) is 4.74 Å². The van der Waals surface area contributed by atoms with E-state index in [2.05, 4.69) is 53.1 Å². The van der Waals surface area contributed by atoms with Crippen molar-refractivity contribution in [3.05, 3.63) is 101 Å². The summed E-state index contributed by atoms with van der Waals surface area (Å²) in [5.74, 6) is -1.38. The van der Waals surface area contributed by atoms with E-state index >= 15 is 0 Å². The zero-order valence-electron chi connectivity index (χ0n) is 18.0. The Morgan fingerprint density at radius 1 is 0.944 bits per heavy atom. The summed E-state index contributed by atoms with van der Waals surface area (Å²) >= 11 is 10.2. The molecule has 0 unspecified atom stereocenters. The number of imide groups is 2. The first-order valence-corrected chi connectivity index (χ1v) is 12.5. The van der Waals surface area contributed by atoms with Gasteiger partial charge in [0, 0.05) is 26.6 Å². The number of nitro groups is 1. The summed E-state index contributed by atoms with van der Waals surface area (Å²) in [6.07, 6.45) is 1.33. The number of hydrogen-bond donors (Lipinski definition) is 1. The average Bonchev–Trinajstić information content (AvgIpc) is 2.82. The first-order chi connectivity index (χ1) is 17.1. The van der Waals surface area contributed by atoms with Gasteiger partial charge in [0.25, 0.3) is 17.5 Å². The molecule has 1 heterocycles. The van der Waals surface area contributed by atoms with E-state index in [1.165, 1.54) is 18.2 Å². The summed E-state index contributed by atoms with van der Waals surface area (Å²) in [7, 11) is 0. The maximum Gasteiger partial charge on any atom is 0.335 e. The molecular weight excluding hydrogens is 666 g/mol. The second-order valence-electron chi connectivity index (χ2n) is 7.45. The molecule has 0 spiro atoms. The number of nitro benzene ring substituents is 1. The third-order valence-electron chi connectivity index (χ3n) is 5.05. The van der Waals surface area contributed by atoms with Gasteiger partial charge in [-0.3, -0.25) is 25.0 Å². The minimum atomic E-state index is -0.960. The summed E-state index contributed by atoms with van der Waals surface area (Å²) in [4.78, 5) is 49.4. The van der Waals surface area contributed by atoms with Gasteiger partial charge in [0.1, 0.15) is 17.9 Å². The largest absolute Gasteiger partial charge is 0.487 e. The van der Waals surface area contributed by atoms with Crippen molar-refractivity contribution in [2.24, 2.45) is 0 Å². The number of urea groups is 1. The number of non-ortho nitro benzene ring substituents is 1. The van der Waals surface area contributed by atoms with E-state index in [1.54, 1.807) is 12.1 Å². The number of nitrogens with one attached hydrogen (secondary N) is 1. The van der Waals surface area contributed by atoms with Crippen LogP contribution in [0.3, 0.4) is 0 Å². The molecule has 4 rings (SSSR count). The maximum atomic E-state index is 13.2. The van der Waals surface area contributed by atoms with Crippen molar-refractivity contribution in [3.63, 3.8) is 0 Å². The van der Waals surface area contributed by atoms with E-state index in [9.17, 15) is 24.5 Å². The van der Waals surface area contributed by atoms with Crippen LogP contribution < -0.4 is 15.0 Å². The predicted molar refractivity (Wildman–Crippen MR) is 142 cm³/mol. The molecule has 36 heavy (non-hydrogen) atoms. The minimum absolute atomic E-state index is 0.0728. The third kappa shape index (κ3) is 5.55. The summed E-state index contributed by atoms with van der Waals surface area (Å²) < 4.78 is 8.17. The molecule has 0 aromatic heterocycles. The number of carbonyl (C=O) groups is 3. The third-order valence-corrected chi connectivity index (χ3v) is 6.63. The van der Waals surface area contributed by atoms with Crippen LogP contribution in [0.25, 0.3) is 6.08 Å². The SMILES string of the molecule is O=C1NC(=O)N(c2ccc([N+](=O)[O-])cc2)C(=O)/C1=C/c1cc(Br)cc(Br)c1OCc1ccc(Br)cc1. The number of hydrogen-bond acceptors (Lipinski definition) is 6. The van der Waals surface area contributed by atoms with Gasteiger partial charge in [0.05, 0.1) is 15.1 Å². The molecule has 0 saturated carbocycles. The zero-order valence-corrected chi connectivity index (χ0v) is 22.8. The van der Waals surface area contributed by atoms with Crippen molar-refractivity contribution in [1.82, 2.24) is 5.32 Å². The van der Waals surface area contributed by atoms with Gasteiger partial charge in [0.2, 0.25) is 0 Å². The van der Waals surface area contributed by atoms with Crippen molar-refractivity contribution in [3.8, 4) is 5.75 Å². The van der Waals surface area contributed by atoms with Crippen molar-refractivity contribution < 1.29 is 24.0 Å². The van der Waals surface area contributed by atoms with Gasteiger partial charge in [-0.25, -0.2) is 9.69 Å². The van der Waals surface area contributed by atoms with Gasteiger partial charge >= 0.3 is 6.03 Å². The van der Waals surface area contributed by atoms with Gasteiger partial charge in [-0.2, -0.15) is 0 Å². The number of barbiturate groups is 1. The van der Waals surface area contributed by atoms with Crippen molar-refractivity contribution in [1.29, 1.82) is 0 Å². The number of nitrogens with zero attached hydrogens (tertiary/aromatic N) is 2. The second-order valence-corrected chi connectivity index (χ2v) is 10.1. The van der Waals surface area contributed by atoms with Crippen LogP contribution in [0.15, 0.2) is 79.7 Å². The summed E-state index contributed by atoms with van der Waals surface area (Å²) in [5, 5.41) is 13.1. The first kappa shape index (κ1) is 25.7. The molecule has 1 saturated heterocycles. The lowest BCUT2D eigenvalue weighted by Gasteiger charge is -2.26. The molecule has 1 aliphatic heterocycles. The van der Waals surface area contributed by atoms with Crippen LogP contribution in [0.1, 0.15) is 11.1 Å². The topological polar surface area (TPSA) is 119 Å². The van der Waals surface area contributed by atoms with Crippen LogP contribution in [-0.2, 0) is 16.2 Å². The molecule has 0 aliphatic carbocycles. The Morgan fingerprint density at radius 3 is 2.25 bits per heavy atom. The number of halogens is 3. The molecule has 182 valence electrons. The van der Waals surface area contributed by atoms with E-state index in [-0.39, 0.29) is 23.6 Å². The lowest BCUT2D eigenvalue weighted by Crippen LogP contribution is -2.54. The molecule has 1 fully saturated rings. The molecule has 0 atom stereocenters. The fourth-order valence-corrected chi connectivity index (χ4v) is 4.98. The van der Waals surface area contributed by atoms with Crippen molar-refractivity contribution >= 4 is 83.1 Å². The van der Waals surface area contributed by atoms with E-state index in [1.807, 2.05) is 24.3 Å². The minimum Gasteiger partial charge on any atom is -0.487 e. The number of carbonyl (C=O) groups excluding carboxylic acids is 3. The number of benzene rings is 3. The lowest BCUT2D eigenvalue weighted by atomic mass is 10.1. The maximum absolute atomic E-state index is 13.2. The molecule has 9 nitrogen and oxygen atoms in total. The van der Waals surface area contributed by atoms with Gasteiger partial charge in [-0.15, -0.1) is 0 Å². The number of ether oxygens (including phenoxy) is 1.